The zero-order valence-electron chi connectivity index (χ0n) is 12.0. The molecule has 0 spiro atoms. The monoisotopic (exact) mass is 301 g/mol. The number of hydrogen-bond donors (Lipinski definition) is 1. The summed E-state index contributed by atoms with van der Waals surface area (Å²) in [6.45, 7) is -0.153. The van der Waals surface area contributed by atoms with Crippen LogP contribution in [-0.4, -0.2) is 32.0 Å². The lowest BCUT2D eigenvalue weighted by molar-refractivity contribution is -0.174. The zero-order valence-corrected chi connectivity index (χ0v) is 12.0. The molecule has 1 saturated carbocycles. The van der Waals surface area contributed by atoms with Crippen molar-refractivity contribution in [3.8, 4) is 0 Å². The van der Waals surface area contributed by atoms with E-state index >= 15 is 0 Å². The van der Waals surface area contributed by atoms with Gasteiger partial charge in [-0.2, -0.15) is 13.2 Å². The van der Waals surface area contributed by atoms with Gasteiger partial charge in [0.25, 0.3) is 0 Å². The molecule has 0 aromatic heterocycles. The highest BCUT2D eigenvalue weighted by atomic mass is 19.4. The Kier molecular flexibility index (Phi) is 6.06. The second-order valence-electron chi connectivity index (χ2n) is 5.69. The fourth-order valence-corrected chi connectivity index (χ4v) is 2.28. The highest BCUT2D eigenvalue weighted by Gasteiger charge is 2.27. The average molecular weight is 301 g/mol. The van der Waals surface area contributed by atoms with Crippen molar-refractivity contribution in [2.45, 2.75) is 37.9 Å². The van der Waals surface area contributed by atoms with Crippen LogP contribution in [0.3, 0.4) is 0 Å². The van der Waals surface area contributed by atoms with Crippen molar-refractivity contribution in [1.82, 2.24) is 5.32 Å². The van der Waals surface area contributed by atoms with Crippen LogP contribution in [0.2, 0.25) is 0 Å². The summed E-state index contributed by atoms with van der Waals surface area (Å²) in [6, 6.07) is 10.7. The van der Waals surface area contributed by atoms with Gasteiger partial charge in [-0.3, -0.25) is 0 Å². The van der Waals surface area contributed by atoms with E-state index in [1.165, 1.54) is 18.4 Å². The maximum atomic E-state index is 12.1. The van der Waals surface area contributed by atoms with E-state index in [0.717, 1.165) is 13.0 Å². The molecule has 2 rings (SSSR count). The molecular formula is C16H22F3NO. The quantitative estimate of drug-likeness (QED) is 0.704. The molecule has 0 saturated heterocycles. The van der Waals surface area contributed by atoms with E-state index in [1.807, 2.05) is 18.2 Å². The fourth-order valence-electron chi connectivity index (χ4n) is 2.28. The van der Waals surface area contributed by atoms with Crippen LogP contribution < -0.4 is 5.32 Å². The van der Waals surface area contributed by atoms with Gasteiger partial charge in [-0.15, -0.1) is 0 Å². The van der Waals surface area contributed by atoms with E-state index in [0.29, 0.717) is 18.4 Å². The third-order valence-corrected chi connectivity index (χ3v) is 3.58. The Morgan fingerprint density at radius 2 is 1.90 bits per heavy atom. The van der Waals surface area contributed by atoms with E-state index in [2.05, 4.69) is 17.4 Å². The molecule has 2 nitrogen and oxygen atoms in total. The molecule has 1 aliphatic rings. The van der Waals surface area contributed by atoms with Gasteiger partial charge in [0.05, 0.1) is 0 Å². The molecule has 1 aromatic carbocycles. The van der Waals surface area contributed by atoms with Crippen LogP contribution in [-0.2, 0) is 11.2 Å². The van der Waals surface area contributed by atoms with Crippen LogP contribution in [0.15, 0.2) is 30.3 Å². The lowest BCUT2D eigenvalue weighted by Gasteiger charge is -2.18. The lowest BCUT2D eigenvalue weighted by atomic mass is 9.96. The van der Waals surface area contributed by atoms with Gasteiger partial charge in [0.1, 0.15) is 6.61 Å². The van der Waals surface area contributed by atoms with E-state index in [9.17, 15) is 13.2 Å². The number of hydrogen-bond acceptors (Lipinski definition) is 2. The first-order valence-corrected chi connectivity index (χ1v) is 7.45. The molecule has 1 unspecified atom stereocenters. The minimum absolute atomic E-state index is 0.156. The first-order valence-electron chi connectivity index (χ1n) is 7.45. The normalized spacial score (nSPS) is 16.9. The van der Waals surface area contributed by atoms with Crippen molar-refractivity contribution < 1.29 is 17.9 Å². The molecule has 0 aliphatic heterocycles. The molecule has 1 aliphatic carbocycles. The number of ether oxygens (including phenoxy) is 1. The summed E-state index contributed by atoms with van der Waals surface area (Å²) < 4.78 is 40.9. The second kappa shape index (κ2) is 7.80. The van der Waals surface area contributed by atoms with Gasteiger partial charge in [0, 0.05) is 12.6 Å². The predicted molar refractivity (Wildman–Crippen MR) is 76.2 cm³/mol. The van der Waals surface area contributed by atoms with Crippen molar-refractivity contribution in [1.29, 1.82) is 0 Å². The highest BCUT2D eigenvalue weighted by molar-refractivity contribution is 5.15. The average Bonchev–Trinajstić information content (AvgIpc) is 3.25. The van der Waals surface area contributed by atoms with Gasteiger partial charge in [0.2, 0.25) is 0 Å². The van der Waals surface area contributed by atoms with Crippen LogP contribution in [0.1, 0.15) is 24.8 Å². The SMILES string of the molecule is FC(F)(F)COCCC(CNC1CC1)Cc1ccccc1. The molecule has 1 atom stereocenters. The second-order valence-corrected chi connectivity index (χ2v) is 5.69. The zero-order chi connectivity index (χ0) is 15.1. The summed E-state index contributed by atoms with van der Waals surface area (Å²) in [5, 5.41) is 3.46. The molecule has 1 N–H and O–H groups in total. The topological polar surface area (TPSA) is 21.3 Å². The third-order valence-electron chi connectivity index (χ3n) is 3.58. The molecule has 1 aromatic rings. The molecule has 0 bridgehead atoms. The number of alkyl halides is 3. The Morgan fingerprint density at radius 1 is 1.19 bits per heavy atom. The van der Waals surface area contributed by atoms with Gasteiger partial charge in [0.15, 0.2) is 0 Å². The van der Waals surface area contributed by atoms with Crippen LogP contribution >= 0.6 is 0 Å². The molecule has 0 amide bonds. The summed E-state index contributed by atoms with van der Waals surface area (Å²) in [5.41, 5.74) is 1.22. The van der Waals surface area contributed by atoms with E-state index in [1.54, 1.807) is 0 Å². The summed E-state index contributed by atoms with van der Waals surface area (Å²) in [6.07, 6.45) is -0.299. The van der Waals surface area contributed by atoms with E-state index < -0.39 is 12.8 Å². The number of rotatable bonds is 9. The van der Waals surface area contributed by atoms with Crippen LogP contribution in [0.5, 0.6) is 0 Å². The Balaban J connectivity index is 1.74. The third kappa shape index (κ3) is 7.48. The highest BCUT2D eigenvalue weighted by Crippen LogP contribution is 2.21. The molecule has 0 radical (unpaired) electrons. The van der Waals surface area contributed by atoms with Gasteiger partial charge in [-0.25, -0.2) is 0 Å². The minimum atomic E-state index is -4.23. The first kappa shape index (κ1) is 16.3. The van der Waals surface area contributed by atoms with Crippen molar-refractivity contribution in [2.24, 2.45) is 5.92 Å². The number of benzene rings is 1. The van der Waals surface area contributed by atoms with Gasteiger partial charge in [-0.05, 0) is 43.7 Å². The van der Waals surface area contributed by atoms with Gasteiger partial charge >= 0.3 is 6.18 Å². The molecular weight excluding hydrogens is 279 g/mol. The van der Waals surface area contributed by atoms with Crippen molar-refractivity contribution in [3.05, 3.63) is 35.9 Å². The van der Waals surface area contributed by atoms with Crippen molar-refractivity contribution >= 4 is 0 Å². The molecule has 1 fully saturated rings. The summed E-state index contributed by atoms with van der Waals surface area (Å²) in [4.78, 5) is 0. The van der Waals surface area contributed by atoms with Crippen LogP contribution in [0.25, 0.3) is 0 Å². The lowest BCUT2D eigenvalue weighted by Crippen LogP contribution is -2.27. The number of nitrogens with one attached hydrogen (secondary N) is 1. The van der Waals surface area contributed by atoms with Gasteiger partial charge in [-0.1, -0.05) is 30.3 Å². The van der Waals surface area contributed by atoms with Crippen LogP contribution in [0, 0.1) is 5.92 Å². The molecule has 21 heavy (non-hydrogen) atoms. The first-order chi connectivity index (χ1) is 10.0. The predicted octanol–water partition coefficient (Wildman–Crippen LogP) is 3.57. The summed E-state index contributed by atoms with van der Waals surface area (Å²) in [7, 11) is 0. The van der Waals surface area contributed by atoms with Crippen LogP contribution in [0.4, 0.5) is 13.2 Å². The Hall–Kier alpha value is -1.07. The Bertz CT molecular complexity index is 404. The Labute approximate surface area is 123 Å². The number of halogens is 3. The molecule has 0 heterocycles. The smallest absolute Gasteiger partial charge is 0.372 e. The maximum absolute atomic E-state index is 12.1. The summed E-state index contributed by atoms with van der Waals surface area (Å²) >= 11 is 0. The van der Waals surface area contributed by atoms with Crippen molar-refractivity contribution in [3.63, 3.8) is 0 Å². The van der Waals surface area contributed by atoms with E-state index in [-0.39, 0.29) is 6.61 Å². The molecule has 118 valence electrons. The Morgan fingerprint density at radius 3 is 2.52 bits per heavy atom. The van der Waals surface area contributed by atoms with Gasteiger partial charge < -0.3 is 10.1 Å². The fraction of sp³-hybridized carbons (Fsp3) is 0.625. The minimum Gasteiger partial charge on any atom is -0.372 e. The van der Waals surface area contributed by atoms with Crippen molar-refractivity contribution in [2.75, 3.05) is 19.8 Å². The molecule has 5 heteroatoms. The largest absolute Gasteiger partial charge is 0.411 e. The maximum Gasteiger partial charge on any atom is 0.411 e. The van der Waals surface area contributed by atoms with E-state index in [4.69, 9.17) is 4.74 Å². The summed E-state index contributed by atoms with van der Waals surface area (Å²) in [5.74, 6) is 0.307. The standard InChI is InChI=1S/C16H22F3NO/c17-16(18,19)12-21-9-8-14(11-20-15-6-7-15)10-13-4-2-1-3-5-13/h1-5,14-15,20H,6-12H2.